The summed E-state index contributed by atoms with van der Waals surface area (Å²) in [6.07, 6.45) is 7.22. The molecule has 6 nitrogen and oxygen atoms in total. The molecule has 2 amide bonds. The van der Waals surface area contributed by atoms with Crippen LogP contribution in [0.2, 0.25) is 0 Å². The van der Waals surface area contributed by atoms with Gasteiger partial charge in [-0.15, -0.1) is 0 Å². The van der Waals surface area contributed by atoms with Crippen molar-refractivity contribution in [1.82, 2.24) is 20.0 Å². The van der Waals surface area contributed by atoms with E-state index in [0.29, 0.717) is 12.1 Å². The van der Waals surface area contributed by atoms with Crippen molar-refractivity contribution in [2.75, 3.05) is 26.2 Å². The van der Waals surface area contributed by atoms with Crippen molar-refractivity contribution < 1.29 is 9.59 Å². The quantitative estimate of drug-likeness (QED) is 0.717. The number of hydrogen-bond acceptors (Lipinski definition) is 4. The Labute approximate surface area is 130 Å². The minimum Gasteiger partial charge on any atom is -0.373 e. The lowest BCUT2D eigenvalue weighted by Gasteiger charge is -2.56. The van der Waals surface area contributed by atoms with Crippen molar-refractivity contribution in [2.24, 2.45) is 0 Å². The monoisotopic (exact) mass is 302 g/mol. The largest absolute Gasteiger partial charge is 0.373 e. The Morgan fingerprint density at radius 1 is 0.955 bits per heavy atom. The number of amides is 2. The topological polar surface area (TPSA) is 55.9 Å². The molecule has 0 aromatic heterocycles. The summed E-state index contributed by atoms with van der Waals surface area (Å²) in [5.74, 6) is 0.155. The fourth-order valence-electron chi connectivity index (χ4n) is 4.33. The van der Waals surface area contributed by atoms with E-state index in [9.17, 15) is 9.59 Å². The number of fused-ring (bicyclic) bond motifs is 4. The maximum Gasteiger partial charge on any atom is 0.248 e. The van der Waals surface area contributed by atoms with Gasteiger partial charge in [-0.25, -0.2) is 0 Å². The highest BCUT2D eigenvalue weighted by atomic mass is 16.2. The number of nitrogens with one attached hydrogen (secondary N) is 1. The van der Waals surface area contributed by atoms with Crippen molar-refractivity contribution in [3.8, 4) is 0 Å². The summed E-state index contributed by atoms with van der Waals surface area (Å²) in [6, 6.07) is 1.31. The van der Waals surface area contributed by atoms with E-state index in [1.807, 2.05) is 16.0 Å². The van der Waals surface area contributed by atoms with Crippen molar-refractivity contribution >= 4 is 11.8 Å². The molecule has 0 aromatic carbocycles. The Morgan fingerprint density at radius 3 is 2.14 bits per heavy atom. The molecule has 4 bridgehead atoms. The SMILES string of the molecule is C=CC(=O)N1C2CC1CN(/C=C/C(=O)N1C3CNCC1C3)C2. The average Bonchev–Trinajstić information content (AvgIpc) is 2.53. The molecule has 5 heterocycles. The van der Waals surface area contributed by atoms with E-state index in [-0.39, 0.29) is 23.9 Å². The van der Waals surface area contributed by atoms with Crippen LogP contribution < -0.4 is 5.32 Å². The van der Waals surface area contributed by atoms with Crippen LogP contribution in [0.25, 0.3) is 0 Å². The van der Waals surface area contributed by atoms with E-state index in [4.69, 9.17) is 0 Å². The van der Waals surface area contributed by atoms with Gasteiger partial charge in [-0.05, 0) is 18.9 Å². The lowest BCUT2D eigenvalue weighted by atomic mass is 9.87. The van der Waals surface area contributed by atoms with Crippen molar-refractivity contribution in [3.63, 3.8) is 0 Å². The minimum absolute atomic E-state index is 0.0295. The normalized spacial score (nSPS) is 35.9. The van der Waals surface area contributed by atoms with Crippen LogP contribution in [0.3, 0.4) is 0 Å². The molecule has 4 atom stereocenters. The van der Waals surface area contributed by atoms with Gasteiger partial charge in [0.15, 0.2) is 0 Å². The number of rotatable bonds is 3. The molecule has 0 aliphatic carbocycles. The Kier molecular flexibility index (Phi) is 3.22. The van der Waals surface area contributed by atoms with E-state index in [1.165, 1.54) is 6.08 Å². The number of piperidine rings is 2. The second kappa shape index (κ2) is 5.12. The van der Waals surface area contributed by atoms with Gasteiger partial charge >= 0.3 is 0 Å². The molecule has 5 aliphatic heterocycles. The summed E-state index contributed by atoms with van der Waals surface area (Å²) < 4.78 is 0. The van der Waals surface area contributed by atoms with Gasteiger partial charge in [0.05, 0.1) is 12.1 Å². The molecule has 0 aromatic rings. The van der Waals surface area contributed by atoms with Crippen LogP contribution in [0.4, 0.5) is 0 Å². The van der Waals surface area contributed by atoms with Crippen LogP contribution in [0.5, 0.6) is 0 Å². The zero-order valence-corrected chi connectivity index (χ0v) is 12.6. The highest BCUT2D eigenvalue weighted by molar-refractivity contribution is 5.89. The first-order valence-electron chi connectivity index (χ1n) is 8.07. The van der Waals surface area contributed by atoms with Crippen LogP contribution in [0.15, 0.2) is 24.9 Å². The molecule has 6 heteroatoms. The van der Waals surface area contributed by atoms with Crippen LogP contribution in [0, 0.1) is 0 Å². The number of piperazine rings is 2. The van der Waals surface area contributed by atoms with Gasteiger partial charge in [0.2, 0.25) is 11.8 Å². The highest BCUT2D eigenvalue weighted by Crippen LogP contribution is 2.33. The number of hydrogen-bond donors (Lipinski definition) is 1. The molecule has 0 saturated carbocycles. The molecule has 5 rings (SSSR count). The Hall–Kier alpha value is -1.82. The van der Waals surface area contributed by atoms with Gasteiger partial charge < -0.3 is 20.0 Å². The Bertz CT molecular complexity index is 520. The van der Waals surface area contributed by atoms with E-state index in [2.05, 4.69) is 16.8 Å². The highest BCUT2D eigenvalue weighted by Gasteiger charge is 2.46. The first kappa shape index (κ1) is 13.8. The predicted molar refractivity (Wildman–Crippen MR) is 81.9 cm³/mol. The fraction of sp³-hybridized carbons (Fsp3) is 0.625. The second-order valence-corrected chi connectivity index (χ2v) is 6.71. The molecular weight excluding hydrogens is 280 g/mol. The summed E-state index contributed by atoms with van der Waals surface area (Å²) in [5.41, 5.74) is 0. The zero-order valence-electron chi connectivity index (χ0n) is 12.6. The molecule has 5 fully saturated rings. The van der Waals surface area contributed by atoms with Crippen LogP contribution in [-0.4, -0.2) is 76.9 Å². The average molecular weight is 302 g/mol. The minimum atomic E-state index is 0.0295. The summed E-state index contributed by atoms with van der Waals surface area (Å²) in [6.45, 7) is 7.02. The van der Waals surface area contributed by atoms with Gasteiger partial charge in [0.1, 0.15) is 0 Å². The zero-order chi connectivity index (χ0) is 15.3. The molecule has 22 heavy (non-hydrogen) atoms. The third-order valence-corrected chi connectivity index (χ3v) is 5.42. The van der Waals surface area contributed by atoms with E-state index < -0.39 is 0 Å². The van der Waals surface area contributed by atoms with Crippen LogP contribution >= 0.6 is 0 Å². The molecule has 1 N–H and O–H groups in total. The van der Waals surface area contributed by atoms with Crippen molar-refractivity contribution in [3.05, 3.63) is 24.9 Å². The first-order chi connectivity index (χ1) is 10.7. The molecule has 0 spiro atoms. The second-order valence-electron chi connectivity index (χ2n) is 6.71. The summed E-state index contributed by atoms with van der Waals surface area (Å²) in [4.78, 5) is 30.1. The smallest absolute Gasteiger partial charge is 0.248 e. The Morgan fingerprint density at radius 2 is 1.55 bits per heavy atom. The predicted octanol–water partition coefficient (Wildman–Crippen LogP) is -0.456. The van der Waals surface area contributed by atoms with E-state index in [1.54, 1.807) is 6.08 Å². The lowest BCUT2D eigenvalue weighted by molar-refractivity contribution is -0.146. The lowest BCUT2D eigenvalue weighted by Crippen LogP contribution is -2.69. The number of carbonyl (C=O) groups is 2. The third kappa shape index (κ3) is 2.05. The summed E-state index contributed by atoms with van der Waals surface area (Å²) in [5, 5.41) is 3.33. The van der Waals surface area contributed by atoms with E-state index >= 15 is 0 Å². The maximum atomic E-state index is 12.3. The Balaban J connectivity index is 1.33. The molecular formula is C16H22N4O2. The maximum absolute atomic E-state index is 12.3. The number of nitrogens with zero attached hydrogens (tertiary/aromatic N) is 3. The summed E-state index contributed by atoms with van der Waals surface area (Å²) in [7, 11) is 0. The van der Waals surface area contributed by atoms with Gasteiger partial charge in [-0.3, -0.25) is 9.59 Å². The summed E-state index contributed by atoms with van der Waals surface area (Å²) >= 11 is 0. The fourth-order valence-corrected chi connectivity index (χ4v) is 4.33. The molecule has 118 valence electrons. The van der Waals surface area contributed by atoms with Crippen molar-refractivity contribution in [2.45, 2.75) is 37.0 Å². The van der Waals surface area contributed by atoms with Gasteiger partial charge in [-0.2, -0.15) is 0 Å². The van der Waals surface area contributed by atoms with Crippen LogP contribution in [0.1, 0.15) is 12.8 Å². The van der Waals surface area contributed by atoms with Crippen LogP contribution in [-0.2, 0) is 9.59 Å². The van der Waals surface area contributed by atoms with Gasteiger partial charge in [-0.1, -0.05) is 6.58 Å². The van der Waals surface area contributed by atoms with Gasteiger partial charge in [0, 0.05) is 50.5 Å². The standard InChI is InChI=1S/C16H22N4O2/c1-2-15(21)20-13-6-14(20)10-18(9-13)4-3-16(22)19-11-5-12(19)8-17-7-11/h2-4,11-14,17H,1,5-10H2/b4-3+. The first-order valence-corrected chi connectivity index (χ1v) is 8.07. The van der Waals surface area contributed by atoms with E-state index in [0.717, 1.165) is 39.0 Å². The third-order valence-electron chi connectivity index (χ3n) is 5.42. The molecule has 0 radical (unpaired) electrons. The molecule has 4 unspecified atom stereocenters. The molecule has 5 aliphatic rings. The molecule has 5 saturated heterocycles. The number of carbonyl (C=O) groups excluding carboxylic acids is 2. The van der Waals surface area contributed by atoms with Crippen molar-refractivity contribution in [1.29, 1.82) is 0 Å². The van der Waals surface area contributed by atoms with Gasteiger partial charge in [0.25, 0.3) is 0 Å².